The van der Waals surface area contributed by atoms with Crippen molar-refractivity contribution in [2.24, 2.45) is 0 Å². The molecule has 1 aliphatic heterocycles. The van der Waals surface area contributed by atoms with Gasteiger partial charge in [-0.2, -0.15) is 6.67 Å². The van der Waals surface area contributed by atoms with Gasteiger partial charge in [-0.25, -0.2) is 9.78 Å². The molecular weight excluding hydrogens is 555 g/mol. The summed E-state index contributed by atoms with van der Waals surface area (Å²) in [6.07, 6.45) is 0. The van der Waals surface area contributed by atoms with Crippen molar-refractivity contribution in [1.82, 2.24) is 9.78 Å². The van der Waals surface area contributed by atoms with Gasteiger partial charge in [0.15, 0.2) is 0 Å². The fourth-order valence-electron chi connectivity index (χ4n) is 3.54. The van der Waals surface area contributed by atoms with Gasteiger partial charge in [0.1, 0.15) is 11.4 Å². The molecule has 0 bridgehead atoms. The topological polar surface area (TPSA) is 44.5 Å². The molecule has 0 aliphatic carbocycles. The Bertz CT molecular complexity index is 1300. The van der Waals surface area contributed by atoms with Crippen LogP contribution in [0.1, 0.15) is 9.81 Å². The molecule has 4 aromatic rings. The van der Waals surface area contributed by atoms with Gasteiger partial charge >= 0.3 is 21.1 Å². The van der Waals surface area contributed by atoms with E-state index in [-0.39, 0.29) is 26.8 Å². The summed E-state index contributed by atoms with van der Waals surface area (Å²) in [4.78, 5) is 3.11. The molecule has 0 saturated heterocycles. The Morgan fingerprint density at radius 1 is 0.967 bits per heavy atom. The van der Waals surface area contributed by atoms with E-state index >= 15 is 0 Å². The third-order valence-electron chi connectivity index (χ3n) is 4.94. The van der Waals surface area contributed by atoms with Gasteiger partial charge in [0, 0.05) is 26.9 Å². The molecule has 5 nitrogen and oxygen atoms in total. The molecule has 3 aromatic carbocycles. The van der Waals surface area contributed by atoms with Crippen LogP contribution in [0.15, 0.2) is 72.8 Å². The number of aryl methyl sites for hydroxylation is 1. The first-order chi connectivity index (χ1) is 15.3. The average Bonchev–Trinajstić information content (AvgIpc) is 3.35. The van der Waals surface area contributed by atoms with Crippen LogP contribution >= 0.6 is 0 Å². The zero-order chi connectivity index (χ0) is 22.5. The molecule has 6 heteroatoms. The Hall–Kier alpha value is -3.04. The monoisotopic (exact) mass is 578 g/mol. The van der Waals surface area contributed by atoms with Crippen LogP contribution in [0, 0.1) is 19.7 Å². The molecule has 0 radical (unpaired) electrons. The summed E-state index contributed by atoms with van der Waals surface area (Å²) in [5.74, 6) is 0.149. The van der Waals surface area contributed by atoms with Crippen molar-refractivity contribution < 1.29 is 30.3 Å². The summed E-state index contributed by atoms with van der Waals surface area (Å²) >= 11 is 0. The van der Waals surface area contributed by atoms with Crippen LogP contribution in [-0.2, 0) is 21.1 Å². The fraction of sp³-hybridized carbons (Fsp3) is 0.0833. The maximum absolute atomic E-state index is 10.2. The van der Waals surface area contributed by atoms with Gasteiger partial charge in [-0.15, -0.1) is 29.8 Å². The zero-order valence-electron chi connectivity index (χ0n) is 19.1. The van der Waals surface area contributed by atoms with Crippen LogP contribution in [0.25, 0.3) is 16.9 Å². The summed E-state index contributed by atoms with van der Waals surface area (Å²) in [5.41, 5.74) is 5.02. The number of nitrogens with zero attached hydrogens (tertiary/aromatic N) is 4. The van der Waals surface area contributed by atoms with Gasteiger partial charge in [-0.3, -0.25) is 0 Å². The Morgan fingerprint density at radius 3 is 2.47 bits per heavy atom. The molecule has 30 heavy (non-hydrogen) atoms. The van der Waals surface area contributed by atoms with E-state index in [0.29, 0.717) is 22.8 Å². The molecule has 0 unspecified atom stereocenters. The fourth-order valence-corrected chi connectivity index (χ4v) is 3.54. The van der Waals surface area contributed by atoms with Gasteiger partial charge in [0.2, 0.25) is 0 Å². The number of hydrogen-bond donors (Lipinski definition) is 1. The minimum absolute atomic E-state index is 0. The van der Waals surface area contributed by atoms with Crippen molar-refractivity contribution >= 4 is 17.1 Å². The molecule has 5 rings (SSSR count). The minimum Gasteiger partial charge on any atom is -0.506 e. The number of aromatic nitrogens is 2. The van der Waals surface area contributed by atoms with E-state index in [0.717, 1.165) is 16.9 Å². The second-order valence-electron chi connectivity index (χ2n) is 6.87. The first-order valence-electron chi connectivity index (χ1n) is 10.7. The second kappa shape index (κ2) is 8.00. The first-order valence-corrected chi connectivity index (χ1v) is 9.23. The van der Waals surface area contributed by atoms with Crippen molar-refractivity contribution in [3.63, 3.8) is 0 Å². The predicted octanol–water partition coefficient (Wildman–Crippen LogP) is 5.06. The number of fused-ring (bicyclic) bond motifs is 1. The van der Waals surface area contributed by atoms with Crippen LogP contribution in [-0.4, -0.2) is 21.9 Å². The van der Waals surface area contributed by atoms with Gasteiger partial charge in [-0.1, -0.05) is 36.0 Å². The van der Waals surface area contributed by atoms with Crippen LogP contribution in [0.3, 0.4) is 0 Å². The first kappa shape index (κ1) is 16.7. The van der Waals surface area contributed by atoms with Gasteiger partial charge in [-0.05, 0) is 38.2 Å². The van der Waals surface area contributed by atoms with Crippen molar-refractivity contribution in [2.45, 2.75) is 6.92 Å². The van der Waals surface area contributed by atoms with Crippen molar-refractivity contribution in [3.05, 3.63) is 91.2 Å². The third-order valence-corrected chi connectivity index (χ3v) is 4.94. The molecule has 0 atom stereocenters. The summed E-state index contributed by atoms with van der Waals surface area (Å²) in [7, 11) is 0. The molecule has 152 valence electrons. The molecule has 1 aliphatic rings. The van der Waals surface area contributed by atoms with Crippen molar-refractivity contribution in [3.8, 4) is 22.7 Å². The minimum atomic E-state index is -2.30. The largest absolute Gasteiger partial charge is 2.00 e. The maximum Gasteiger partial charge on any atom is 2.00 e. The Labute approximate surface area is 194 Å². The number of benzene rings is 3. The molecule has 0 amide bonds. The van der Waals surface area contributed by atoms with E-state index in [1.807, 2.05) is 60.4 Å². The number of phenolic OH excluding ortho intramolecular Hbond substituents is 1. The average molecular weight is 579 g/mol. The third kappa shape index (κ3) is 3.40. The van der Waals surface area contributed by atoms with E-state index in [9.17, 15) is 5.11 Å². The quantitative estimate of drug-likeness (QED) is 0.346. The number of aromatic hydroxyl groups is 1. The van der Waals surface area contributed by atoms with Crippen molar-refractivity contribution in [2.75, 3.05) is 16.8 Å². The van der Waals surface area contributed by atoms with E-state index in [1.165, 1.54) is 4.90 Å². The summed E-state index contributed by atoms with van der Waals surface area (Å²) in [5, 5.41) is 14.9. The molecular formula is C24H20N4OPt. The zero-order valence-corrected chi connectivity index (χ0v) is 18.3. The standard InChI is InChI=1S/C24H20N4O.Pt/c1-17-14-20(25-28(17)23-12-5-6-13-24(23)29)18-8-7-9-19(15-18)27-16-26(2)21-10-3-4-11-22(21)27;/h3-14,16,29H,1-2H3;/q-2;+2/i2D3;. The SMILES string of the molecule is [2H]C([2H])([2H])N1[CH-]N(c2[c-]c(-c3cc(C)n(-c4ccccc4O)n3)ccc2)c2ccccc21.[Pt+2]. The second-order valence-corrected chi connectivity index (χ2v) is 6.87. The molecule has 1 N–H and O–H groups in total. The van der Waals surface area contributed by atoms with E-state index in [1.54, 1.807) is 35.6 Å². The number of para-hydroxylation sites is 4. The number of phenols is 1. The van der Waals surface area contributed by atoms with Crippen molar-refractivity contribution in [1.29, 1.82) is 0 Å². The Morgan fingerprint density at radius 2 is 1.70 bits per heavy atom. The maximum atomic E-state index is 10.2. The molecule has 0 fully saturated rings. The van der Waals surface area contributed by atoms with Gasteiger partial charge < -0.3 is 14.9 Å². The van der Waals surface area contributed by atoms with E-state index in [4.69, 9.17) is 4.11 Å². The number of rotatable bonds is 3. The molecule has 1 aromatic heterocycles. The Kier molecular flexibility index (Phi) is 4.46. The smallest absolute Gasteiger partial charge is 0.506 e. The number of anilines is 3. The Balaban J connectivity index is 0.00000259. The molecule has 0 saturated carbocycles. The normalized spacial score (nSPS) is 14.5. The molecule has 0 spiro atoms. The predicted molar refractivity (Wildman–Crippen MR) is 116 cm³/mol. The van der Waals surface area contributed by atoms with Gasteiger partial charge in [0.25, 0.3) is 0 Å². The van der Waals surface area contributed by atoms with E-state index in [2.05, 4.69) is 11.2 Å². The summed E-state index contributed by atoms with van der Waals surface area (Å²) in [6.45, 7) is 1.21. The van der Waals surface area contributed by atoms with Crippen LogP contribution in [0.2, 0.25) is 0 Å². The van der Waals surface area contributed by atoms with Crippen LogP contribution in [0.5, 0.6) is 5.75 Å². The van der Waals surface area contributed by atoms with Crippen LogP contribution in [0.4, 0.5) is 17.1 Å². The summed E-state index contributed by atoms with van der Waals surface area (Å²) < 4.78 is 25.3. The summed E-state index contributed by atoms with van der Waals surface area (Å²) in [6, 6.07) is 25.4. The van der Waals surface area contributed by atoms with Gasteiger partial charge in [0.05, 0.1) is 0 Å². The number of hydrogen-bond acceptors (Lipinski definition) is 4. The molecule has 2 heterocycles. The van der Waals surface area contributed by atoms with E-state index < -0.39 is 6.98 Å². The van der Waals surface area contributed by atoms with Crippen LogP contribution < -0.4 is 9.80 Å².